The second-order valence-electron chi connectivity index (χ2n) is 6.77. The van der Waals surface area contributed by atoms with Gasteiger partial charge in [-0.3, -0.25) is 9.89 Å². The molecule has 0 bridgehead atoms. The molecule has 7 heteroatoms. The normalized spacial score (nSPS) is 20.2. The van der Waals surface area contributed by atoms with Gasteiger partial charge in [-0.2, -0.15) is 0 Å². The van der Waals surface area contributed by atoms with Gasteiger partial charge in [0.05, 0.1) is 18.8 Å². The molecule has 1 aromatic heterocycles. The van der Waals surface area contributed by atoms with Crippen molar-refractivity contribution in [2.75, 3.05) is 39.8 Å². The zero-order valence-corrected chi connectivity index (χ0v) is 19.0. The van der Waals surface area contributed by atoms with Gasteiger partial charge in [0.2, 0.25) is 0 Å². The van der Waals surface area contributed by atoms with E-state index in [4.69, 9.17) is 4.74 Å². The monoisotopic (exact) mass is 480 g/mol. The first-order valence-corrected chi connectivity index (χ1v) is 9.81. The Morgan fingerprint density at radius 2 is 2.24 bits per heavy atom. The number of thiophene rings is 1. The van der Waals surface area contributed by atoms with Crippen molar-refractivity contribution >= 4 is 41.3 Å². The smallest absolute Gasteiger partial charge is 0.191 e. The lowest BCUT2D eigenvalue weighted by Crippen LogP contribution is -2.48. The Hall–Kier alpha value is -0.380. The van der Waals surface area contributed by atoms with E-state index in [0.29, 0.717) is 18.1 Å². The molecular formula is C18H33IN4OS. The zero-order valence-electron chi connectivity index (χ0n) is 15.8. The lowest BCUT2D eigenvalue weighted by Gasteiger charge is -2.37. The standard InChI is InChI=1S/C18H32N4OS.HI/c1-14(2)7-8-20-18(19-4)21-12-16(17-6-5-11-24-17)22-9-10-23-15(3)13-22;/h5-6,11,14-16H,7-10,12-13H2,1-4H3,(H2,19,20,21);1H. The Kier molecular flexibility index (Phi) is 11.0. The summed E-state index contributed by atoms with van der Waals surface area (Å²) in [6.07, 6.45) is 1.44. The van der Waals surface area contributed by atoms with Crippen LogP contribution in [0, 0.1) is 5.92 Å². The molecule has 2 N–H and O–H groups in total. The molecule has 2 rings (SSSR count). The van der Waals surface area contributed by atoms with Crippen LogP contribution in [0.4, 0.5) is 0 Å². The maximum atomic E-state index is 5.70. The fourth-order valence-electron chi connectivity index (χ4n) is 2.91. The first-order chi connectivity index (χ1) is 11.6. The Morgan fingerprint density at radius 1 is 1.44 bits per heavy atom. The summed E-state index contributed by atoms with van der Waals surface area (Å²) in [7, 11) is 1.83. The van der Waals surface area contributed by atoms with Crippen molar-refractivity contribution in [2.24, 2.45) is 10.9 Å². The van der Waals surface area contributed by atoms with Crippen LogP contribution in [0.2, 0.25) is 0 Å². The lowest BCUT2D eigenvalue weighted by molar-refractivity contribution is -0.0334. The van der Waals surface area contributed by atoms with Crippen LogP contribution in [0.5, 0.6) is 0 Å². The first-order valence-electron chi connectivity index (χ1n) is 8.93. The minimum Gasteiger partial charge on any atom is -0.376 e. The fraction of sp³-hybridized carbons (Fsp3) is 0.722. The molecule has 0 amide bonds. The molecule has 1 saturated heterocycles. The van der Waals surface area contributed by atoms with Crippen molar-refractivity contribution in [3.8, 4) is 0 Å². The molecule has 144 valence electrons. The first kappa shape index (κ1) is 22.7. The predicted octanol–water partition coefficient (Wildman–Crippen LogP) is 3.34. The summed E-state index contributed by atoms with van der Waals surface area (Å²) in [6, 6.07) is 4.72. The van der Waals surface area contributed by atoms with Crippen LogP contribution in [0.15, 0.2) is 22.5 Å². The van der Waals surface area contributed by atoms with Gasteiger partial charge in [0, 0.05) is 38.1 Å². The lowest BCUT2D eigenvalue weighted by atomic mass is 10.1. The van der Waals surface area contributed by atoms with Crippen LogP contribution in [-0.2, 0) is 4.74 Å². The third-order valence-corrected chi connectivity index (χ3v) is 5.26. The van der Waals surface area contributed by atoms with E-state index in [9.17, 15) is 0 Å². The van der Waals surface area contributed by atoms with E-state index in [1.54, 1.807) is 0 Å². The maximum Gasteiger partial charge on any atom is 0.191 e. The molecule has 0 spiro atoms. The van der Waals surface area contributed by atoms with E-state index in [1.165, 1.54) is 4.88 Å². The second kappa shape index (κ2) is 12.1. The molecule has 25 heavy (non-hydrogen) atoms. The number of guanidine groups is 1. The number of rotatable bonds is 7. The van der Waals surface area contributed by atoms with Crippen LogP contribution in [0.25, 0.3) is 0 Å². The number of hydrogen-bond donors (Lipinski definition) is 2. The molecule has 2 heterocycles. The summed E-state index contributed by atoms with van der Waals surface area (Å²) in [5, 5.41) is 9.07. The highest BCUT2D eigenvalue weighted by Gasteiger charge is 2.26. The van der Waals surface area contributed by atoms with Crippen LogP contribution in [0.1, 0.15) is 38.1 Å². The van der Waals surface area contributed by atoms with Crippen LogP contribution in [-0.4, -0.2) is 56.8 Å². The highest BCUT2D eigenvalue weighted by Crippen LogP contribution is 2.26. The number of aliphatic imine (C=N–C) groups is 1. The highest BCUT2D eigenvalue weighted by atomic mass is 127. The largest absolute Gasteiger partial charge is 0.376 e. The Balaban J connectivity index is 0.00000312. The van der Waals surface area contributed by atoms with Crippen molar-refractivity contribution in [1.29, 1.82) is 0 Å². The quantitative estimate of drug-likeness (QED) is 0.357. The summed E-state index contributed by atoms with van der Waals surface area (Å²) in [5.74, 6) is 1.59. The van der Waals surface area contributed by atoms with Crippen molar-refractivity contribution in [2.45, 2.75) is 39.3 Å². The van der Waals surface area contributed by atoms with Crippen LogP contribution in [0.3, 0.4) is 0 Å². The van der Waals surface area contributed by atoms with Crippen molar-refractivity contribution < 1.29 is 4.74 Å². The van der Waals surface area contributed by atoms with E-state index >= 15 is 0 Å². The molecule has 2 unspecified atom stereocenters. The molecule has 5 nitrogen and oxygen atoms in total. The van der Waals surface area contributed by atoms with Gasteiger partial charge in [-0.15, -0.1) is 35.3 Å². The SMILES string of the molecule is CN=C(NCCC(C)C)NCC(c1cccs1)N1CCOC(C)C1.I. The van der Waals surface area contributed by atoms with Gasteiger partial charge in [0.25, 0.3) is 0 Å². The average molecular weight is 480 g/mol. The van der Waals surface area contributed by atoms with Gasteiger partial charge in [-0.05, 0) is 30.7 Å². The second-order valence-corrected chi connectivity index (χ2v) is 7.75. The van der Waals surface area contributed by atoms with E-state index in [0.717, 1.165) is 45.2 Å². The van der Waals surface area contributed by atoms with Crippen LogP contribution >= 0.6 is 35.3 Å². The third kappa shape index (κ3) is 7.80. The molecule has 2 atom stereocenters. The van der Waals surface area contributed by atoms with Gasteiger partial charge < -0.3 is 15.4 Å². The fourth-order valence-corrected chi connectivity index (χ4v) is 3.77. The van der Waals surface area contributed by atoms with Crippen molar-refractivity contribution in [3.63, 3.8) is 0 Å². The molecule has 1 aliphatic rings. The summed E-state index contributed by atoms with van der Waals surface area (Å²) in [6.45, 7) is 11.2. The van der Waals surface area contributed by atoms with Gasteiger partial charge in [-0.25, -0.2) is 0 Å². The van der Waals surface area contributed by atoms with Crippen LogP contribution < -0.4 is 10.6 Å². The topological polar surface area (TPSA) is 48.9 Å². The predicted molar refractivity (Wildman–Crippen MR) is 118 cm³/mol. The molecule has 1 aromatic rings. The third-order valence-electron chi connectivity index (χ3n) is 4.29. The summed E-state index contributed by atoms with van der Waals surface area (Å²) >= 11 is 1.82. The Morgan fingerprint density at radius 3 is 2.84 bits per heavy atom. The van der Waals surface area contributed by atoms with E-state index in [2.05, 4.69) is 58.8 Å². The minimum atomic E-state index is 0. The number of ether oxygens (including phenoxy) is 1. The van der Waals surface area contributed by atoms with E-state index in [-0.39, 0.29) is 24.0 Å². The molecule has 1 aliphatic heterocycles. The molecule has 1 fully saturated rings. The molecule has 0 aromatic carbocycles. The van der Waals surface area contributed by atoms with Crippen molar-refractivity contribution in [3.05, 3.63) is 22.4 Å². The van der Waals surface area contributed by atoms with E-state index < -0.39 is 0 Å². The zero-order chi connectivity index (χ0) is 17.4. The number of nitrogens with one attached hydrogen (secondary N) is 2. The van der Waals surface area contributed by atoms with Crippen molar-refractivity contribution in [1.82, 2.24) is 15.5 Å². The molecular weight excluding hydrogens is 447 g/mol. The van der Waals surface area contributed by atoms with E-state index in [1.807, 2.05) is 18.4 Å². The molecule has 0 radical (unpaired) electrons. The summed E-state index contributed by atoms with van der Waals surface area (Å²) in [5.41, 5.74) is 0. The average Bonchev–Trinajstić information content (AvgIpc) is 3.07. The number of nitrogens with zero attached hydrogens (tertiary/aromatic N) is 2. The Bertz CT molecular complexity index is 495. The number of morpholine rings is 1. The summed E-state index contributed by atoms with van der Waals surface area (Å²) in [4.78, 5) is 8.27. The Labute approximate surface area is 173 Å². The highest BCUT2D eigenvalue weighted by molar-refractivity contribution is 14.0. The van der Waals surface area contributed by atoms with Gasteiger partial charge in [0.15, 0.2) is 5.96 Å². The maximum absolute atomic E-state index is 5.70. The summed E-state index contributed by atoms with van der Waals surface area (Å²) < 4.78 is 5.70. The molecule has 0 aliphatic carbocycles. The van der Waals surface area contributed by atoms with Gasteiger partial charge in [0.1, 0.15) is 0 Å². The number of hydrogen-bond acceptors (Lipinski definition) is 4. The van der Waals surface area contributed by atoms with Gasteiger partial charge in [-0.1, -0.05) is 19.9 Å². The molecule has 0 saturated carbocycles. The minimum absolute atomic E-state index is 0. The number of halogens is 1. The van der Waals surface area contributed by atoms with Gasteiger partial charge >= 0.3 is 0 Å².